The van der Waals surface area contributed by atoms with E-state index in [2.05, 4.69) is 6.92 Å². The van der Waals surface area contributed by atoms with Gasteiger partial charge in [0.1, 0.15) is 0 Å². The number of unbranched alkanes of at least 4 members (excludes halogenated alkanes) is 5. The Morgan fingerprint density at radius 2 is 1.85 bits per heavy atom. The fourth-order valence-electron chi connectivity index (χ4n) is 1.28. The summed E-state index contributed by atoms with van der Waals surface area (Å²) in [7, 11) is 0. The minimum absolute atomic E-state index is 0.467. The molecule has 0 radical (unpaired) electrons. The number of hydrogen-bond acceptors (Lipinski definition) is 1. The molecule has 0 aliphatic rings. The maximum absolute atomic E-state index is 10.6. The molecule has 0 rings (SSSR count). The number of carboxylic acid groups (broad SMARTS) is 1. The Hall–Kier alpha value is -0.530. The van der Waals surface area contributed by atoms with Crippen LogP contribution in [0.4, 0.5) is 0 Å². The normalized spacial score (nSPS) is 16.3. The number of carbonyl (C=O) groups is 1. The van der Waals surface area contributed by atoms with Crippen molar-refractivity contribution in [3.8, 4) is 0 Å². The second kappa shape index (κ2) is 8.09. The van der Waals surface area contributed by atoms with E-state index in [-0.39, 0.29) is 0 Å². The molecule has 1 N–H and O–H groups in total. The Bertz CT molecular complexity index is 167. The van der Waals surface area contributed by atoms with Crippen LogP contribution in [0, 0.1) is 5.89 Å². The lowest BCUT2D eigenvalue weighted by Crippen LogP contribution is -2.08. The summed E-state index contributed by atoms with van der Waals surface area (Å²) in [5.41, 5.74) is 0. The lowest BCUT2D eigenvalue weighted by atomic mass is 10.1. The van der Waals surface area contributed by atoms with Crippen molar-refractivity contribution >= 4 is 5.97 Å². The highest BCUT2D eigenvalue weighted by molar-refractivity contribution is 5.69. The summed E-state index contributed by atoms with van der Waals surface area (Å²) in [6, 6.07) is 0. The third kappa shape index (κ3) is 7.82. The van der Waals surface area contributed by atoms with Crippen molar-refractivity contribution in [2.75, 3.05) is 0 Å². The molecule has 0 amide bonds. The van der Waals surface area contributed by atoms with Gasteiger partial charge in [-0.2, -0.15) is 0 Å². The molecular formula is C11H22O2. The van der Waals surface area contributed by atoms with Gasteiger partial charge < -0.3 is 5.11 Å². The van der Waals surface area contributed by atoms with Crippen LogP contribution in [0.2, 0.25) is 0 Å². The maximum atomic E-state index is 10.6. The Morgan fingerprint density at radius 1 is 1.31 bits per heavy atom. The molecule has 0 bridgehead atoms. The molecule has 0 saturated carbocycles. The van der Waals surface area contributed by atoms with E-state index in [0.29, 0.717) is 6.42 Å². The molecule has 1 atom stereocenters. The molecule has 0 aromatic carbocycles. The summed E-state index contributed by atoms with van der Waals surface area (Å²) < 4.78 is 7.50. The van der Waals surface area contributed by atoms with Gasteiger partial charge in [0.25, 0.3) is 0 Å². The van der Waals surface area contributed by atoms with Gasteiger partial charge in [-0.1, -0.05) is 52.4 Å². The van der Waals surface area contributed by atoms with Crippen molar-refractivity contribution in [3.05, 3.63) is 0 Å². The van der Waals surface area contributed by atoms with E-state index in [1.807, 2.05) is 0 Å². The van der Waals surface area contributed by atoms with Crippen LogP contribution in [-0.2, 0) is 4.79 Å². The first-order valence-corrected chi connectivity index (χ1v) is 5.24. The first-order valence-electron chi connectivity index (χ1n) is 5.74. The van der Waals surface area contributed by atoms with Crippen molar-refractivity contribution in [2.24, 2.45) is 5.89 Å². The van der Waals surface area contributed by atoms with Gasteiger partial charge in [-0.05, 0) is 6.42 Å². The third-order valence-electron chi connectivity index (χ3n) is 2.27. The number of carboxylic acids is 1. The molecular weight excluding hydrogens is 165 g/mol. The van der Waals surface area contributed by atoms with Crippen LogP contribution in [0.5, 0.6) is 0 Å². The smallest absolute Gasteiger partial charge is 0.306 e. The van der Waals surface area contributed by atoms with E-state index in [1.165, 1.54) is 32.6 Å². The van der Waals surface area contributed by atoms with E-state index in [1.54, 1.807) is 0 Å². The number of rotatable bonds is 8. The fourth-order valence-corrected chi connectivity index (χ4v) is 1.28. The average Bonchev–Trinajstić information content (AvgIpc) is 2.10. The molecule has 0 saturated heterocycles. The standard InChI is InChI=1S/C11H22O2/c1-3-4-5-6-7-8-9-10(2)11(12)13/h10H,3-9H2,1-2H3,(H,12,13)/t10-/m0/s1/i10+1D. The summed E-state index contributed by atoms with van der Waals surface area (Å²) in [6.45, 7) is 3.65. The van der Waals surface area contributed by atoms with Gasteiger partial charge in [0.15, 0.2) is 0 Å². The molecule has 0 spiro atoms. The average molecular weight is 188 g/mol. The molecule has 0 aromatic heterocycles. The zero-order valence-electron chi connectivity index (χ0n) is 9.81. The third-order valence-corrected chi connectivity index (χ3v) is 2.27. The Kier molecular flexibility index (Phi) is 6.56. The van der Waals surface area contributed by atoms with Crippen LogP contribution in [0.1, 0.15) is 60.2 Å². The van der Waals surface area contributed by atoms with E-state index in [4.69, 9.17) is 6.48 Å². The van der Waals surface area contributed by atoms with Crippen LogP contribution < -0.4 is 0 Å². The second-order valence-electron chi connectivity index (χ2n) is 3.60. The first kappa shape index (κ1) is 10.6. The highest BCUT2D eigenvalue weighted by Gasteiger charge is 2.08. The fraction of sp³-hybridized carbons (Fsp3) is 0.909. The summed E-state index contributed by atoms with van der Waals surface area (Å²) in [5.74, 6) is -2.30. The van der Waals surface area contributed by atoms with Gasteiger partial charge >= 0.3 is 5.97 Å². The molecule has 0 unspecified atom stereocenters. The highest BCUT2D eigenvalue weighted by Crippen LogP contribution is 2.11. The summed E-state index contributed by atoms with van der Waals surface area (Å²) >= 11 is 0. The maximum Gasteiger partial charge on any atom is 0.306 e. The van der Waals surface area contributed by atoms with E-state index in [0.717, 1.165) is 12.8 Å². The van der Waals surface area contributed by atoms with Crippen LogP contribution in [-0.4, -0.2) is 11.1 Å². The zero-order chi connectivity index (χ0) is 11.0. The van der Waals surface area contributed by atoms with Crippen molar-refractivity contribution in [1.82, 2.24) is 0 Å². The van der Waals surface area contributed by atoms with Crippen LogP contribution in [0.3, 0.4) is 0 Å². The molecule has 0 aliphatic heterocycles. The Labute approximate surface area is 82.7 Å². The highest BCUT2D eigenvalue weighted by atomic mass is 16.4. The van der Waals surface area contributed by atoms with Crippen molar-refractivity contribution in [3.63, 3.8) is 0 Å². The quantitative estimate of drug-likeness (QED) is 0.468. The van der Waals surface area contributed by atoms with Gasteiger partial charge in [0.05, 0.1) is 5.89 Å². The minimum atomic E-state index is -1.29. The summed E-state index contributed by atoms with van der Waals surface area (Å²) in [5, 5.41) is 8.69. The predicted molar refractivity (Wildman–Crippen MR) is 54.8 cm³/mol. The molecule has 0 fully saturated rings. The van der Waals surface area contributed by atoms with Crippen molar-refractivity contribution in [2.45, 2.75) is 58.8 Å². The Balaban J connectivity index is 3.40. The second-order valence-corrected chi connectivity index (χ2v) is 3.60. The first-order chi connectivity index (χ1) is 6.50. The molecule has 13 heavy (non-hydrogen) atoms. The molecule has 0 heterocycles. The minimum Gasteiger partial charge on any atom is -0.481 e. The van der Waals surface area contributed by atoms with Gasteiger partial charge in [-0.25, -0.2) is 0 Å². The van der Waals surface area contributed by atoms with Crippen molar-refractivity contribution in [1.29, 1.82) is 0 Å². The van der Waals surface area contributed by atoms with Crippen LogP contribution >= 0.6 is 0 Å². The van der Waals surface area contributed by atoms with E-state index < -0.39 is 11.9 Å². The van der Waals surface area contributed by atoms with Crippen molar-refractivity contribution < 1.29 is 11.3 Å². The molecule has 0 aromatic rings. The Morgan fingerprint density at radius 3 is 2.38 bits per heavy atom. The lowest BCUT2D eigenvalue weighted by molar-refractivity contribution is -0.141. The molecule has 78 valence electrons. The van der Waals surface area contributed by atoms with Crippen LogP contribution in [0.15, 0.2) is 0 Å². The molecule has 0 aliphatic carbocycles. The molecule has 2 heteroatoms. The topological polar surface area (TPSA) is 37.3 Å². The van der Waals surface area contributed by atoms with Crippen LogP contribution in [0.25, 0.3) is 0 Å². The molecule has 2 nitrogen and oxygen atoms in total. The summed E-state index contributed by atoms with van der Waals surface area (Å²) in [4.78, 5) is 10.6. The monoisotopic (exact) mass is 188 g/mol. The van der Waals surface area contributed by atoms with Gasteiger partial charge in [-0.3, -0.25) is 4.79 Å². The number of hydrogen-bond donors (Lipinski definition) is 1. The van der Waals surface area contributed by atoms with Gasteiger partial charge in [0, 0.05) is 1.37 Å². The van der Waals surface area contributed by atoms with E-state index in [9.17, 15) is 4.79 Å². The SMILES string of the molecule is [2H][13C@](C)(CCCCCCCC)C(=O)O. The number of aliphatic carboxylic acids is 1. The zero-order valence-corrected chi connectivity index (χ0v) is 8.81. The van der Waals surface area contributed by atoms with Gasteiger partial charge in [0.2, 0.25) is 0 Å². The summed E-state index contributed by atoms with van der Waals surface area (Å²) in [6.07, 6.45) is 7.27. The van der Waals surface area contributed by atoms with E-state index >= 15 is 0 Å². The lowest BCUT2D eigenvalue weighted by Gasteiger charge is -2.04. The predicted octanol–water partition coefficient (Wildman–Crippen LogP) is 3.46. The van der Waals surface area contributed by atoms with Gasteiger partial charge in [-0.15, -0.1) is 0 Å². The largest absolute Gasteiger partial charge is 0.481 e.